The topological polar surface area (TPSA) is 131 Å². The molecule has 55 heavy (non-hydrogen) atoms. The third-order valence-electron chi connectivity index (χ3n) is 12.3. The lowest BCUT2D eigenvalue weighted by Crippen LogP contribution is -2.48. The van der Waals surface area contributed by atoms with Crippen molar-refractivity contribution in [3.8, 4) is 27.8 Å². The highest BCUT2D eigenvalue weighted by molar-refractivity contribution is 7.22. The van der Waals surface area contributed by atoms with E-state index in [2.05, 4.69) is 0 Å². The molecule has 6 atom stereocenters. The van der Waals surface area contributed by atoms with Crippen molar-refractivity contribution < 1.29 is 33.8 Å². The molecule has 14 heteroatoms. The van der Waals surface area contributed by atoms with Crippen molar-refractivity contribution in [3.63, 3.8) is 0 Å². The summed E-state index contributed by atoms with van der Waals surface area (Å²) in [5.41, 5.74) is 1.71. The molecule has 4 amide bonds. The highest BCUT2D eigenvalue weighted by Crippen LogP contribution is 2.64. The van der Waals surface area contributed by atoms with Gasteiger partial charge >= 0.3 is 0 Å². The number of halogens is 1. The van der Waals surface area contributed by atoms with Crippen LogP contribution in [-0.4, -0.2) is 57.6 Å². The van der Waals surface area contributed by atoms with Gasteiger partial charge in [-0.05, 0) is 90.9 Å². The third kappa shape index (κ3) is 5.08. The molecule has 4 aliphatic rings. The molecule has 2 aliphatic carbocycles. The van der Waals surface area contributed by atoms with Gasteiger partial charge in [-0.15, -0.1) is 22.7 Å². The molecule has 0 bridgehead atoms. The summed E-state index contributed by atoms with van der Waals surface area (Å²) >= 11 is 9.38. The molecule has 2 aliphatic heterocycles. The van der Waals surface area contributed by atoms with Crippen molar-refractivity contribution in [2.24, 2.45) is 36.1 Å². The number of anilines is 1. The number of phenols is 1. The highest BCUT2D eigenvalue weighted by atomic mass is 35.5. The minimum absolute atomic E-state index is 0.144. The molecule has 6 unspecified atom stereocenters. The van der Waals surface area contributed by atoms with Gasteiger partial charge in [-0.25, -0.2) is 4.90 Å². The molecule has 1 N–H and O–H groups in total. The largest absolute Gasteiger partial charge is 0.502 e. The van der Waals surface area contributed by atoms with E-state index in [9.17, 15) is 19.5 Å². The average molecular weight is 797 g/mol. The van der Waals surface area contributed by atoms with Crippen molar-refractivity contribution in [1.29, 1.82) is 0 Å². The quantitative estimate of drug-likeness (QED) is 0.133. The molecule has 3 fully saturated rings. The van der Waals surface area contributed by atoms with E-state index in [1.165, 1.54) is 35.4 Å². The van der Waals surface area contributed by atoms with Crippen LogP contribution in [0.25, 0.3) is 20.7 Å². The number of allylic oxidation sites excluding steroid dienone is 2. The number of methoxy groups -OCH3 is 2. The van der Waals surface area contributed by atoms with E-state index in [-0.39, 0.29) is 42.0 Å². The molecule has 9 rings (SSSR count). The Hall–Kier alpha value is -4.98. The molecule has 0 spiro atoms. The van der Waals surface area contributed by atoms with Gasteiger partial charge in [-0.1, -0.05) is 29.3 Å². The van der Waals surface area contributed by atoms with Gasteiger partial charge in [-0.3, -0.25) is 28.8 Å². The maximum Gasteiger partial charge on any atom is 0.242 e. The van der Waals surface area contributed by atoms with Crippen LogP contribution in [0.1, 0.15) is 41.7 Å². The fraction of sp³-hybridized carbons (Fsp3) is 0.341. The van der Waals surface area contributed by atoms with E-state index in [4.69, 9.17) is 26.2 Å². The van der Waals surface area contributed by atoms with Crippen LogP contribution in [0.15, 0.2) is 65.6 Å². The number of fused-ring (bicyclic) bond motifs is 5. The second-order valence-electron chi connectivity index (χ2n) is 15.0. The van der Waals surface area contributed by atoms with Gasteiger partial charge in [0.1, 0.15) is 11.5 Å². The van der Waals surface area contributed by atoms with Gasteiger partial charge in [0.15, 0.2) is 11.5 Å². The van der Waals surface area contributed by atoms with E-state index in [0.29, 0.717) is 28.5 Å². The molecule has 5 heterocycles. The first-order valence-corrected chi connectivity index (χ1v) is 20.1. The zero-order chi connectivity index (χ0) is 38.7. The smallest absolute Gasteiger partial charge is 0.242 e. The summed E-state index contributed by atoms with van der Waals surface area (Å²) in [6.07, 6.45) is 2.53. The molecule has 1 saturated carbocycles. The number of phenolic OH excluding ortho intramolecular Hbond substituents is 1. The fourth-order valence-electron chi connectivity index (χ4n) is 9.69. The Morgan fingerprint density at radius 1 is 1.00 bits per heavy atom. The second-order valence-corrected chi connectivity index (χ2v) is 17.5. The Morgan fingerprint density at radius 3 is 2.44 bits per heavy atom. The molecule has 11 nitrogen and oxygen atoms in total. The number of likely N-dealkylation sites (tertiary alicyclic amines) is 1. The number of rotatable bonds is 7. The van der Waals surface area contributed by atoms with Crippen molar-refractivity contribution in [2.45, 2.75) is 39.2 Å². The van der Waals surface area contributed by atoms with Gasteiger partial charge in [-0.2, -0.15) is 5.10 Å². The molecular formula is C41H37ClN4O7S2. The van der Waals surface area contributed by atoms with Gasteiger partial charge in [0.2, 0.25) is 29.4 Å². The maximum atomic E-state index is 15.2. The number of aryl methyl sites for hydroxylation is 2. The molecule has 5 aromatic rings. The van der Waals surface area contributed by atoms with Crippen LogP contribution in [0.4, 0.5) is 5.82 Å². The van der Waals surface area contributed by atoms with Crippen molar-refractivity contribution in [2.75, 3.05) is 19.1 Å². The second kappa shape index (κ2) is 12.8. The standard InChI is InChI=1S/C41H37ClN4O7S2/c1-19-25-15-21(42)8-11-31(25)55-36(19)28-17-32(44(3)43-28)46-38(49)27-16-26-23(9-10-24-33(26)39(50)45(37(24)48)18-22-7-6-12-54-22)34(41(27,2)40(46)51)20-13-29(52-4)35(47)30(14-20)53-5/h6-9,11-15,17,24,26-27,33-34,47H,10,16,18H2,1-5H3. The number of hydrogen-bond acceptors (Lipinski definition) is 10. The van der Waals surface area contributed by atoms with Crippen LogP contribution < -0.4 is 14.4 Å². The molecule has 2 aromatic carbocycles. The third-order valence-corrected chi connectivity index (χ3v) is 14.7. The Bertz CT molecular complexity index is 2480. The highest BCUT2D eigenvalue weighted by Gasteiger charge is 2.68. The Kier molecular flexibility index (Phi) is 8.30. The zero-order valence-corrected chi connectivity index (χ0v) is 33.1. The van der Waals surface area contributed by atoms with Crippen LogP contribution in [0.2, 0.25) is 5.02 Å². The first-order valence-electron chi connectivity index (χ1n) is 18.0. The summed E-state index contributed by atoms with van der Waals surface area (Å²) in [7, 11) is 4.58. The van der Waals surface area contributed by atoms with Crippen molar-refractivity contribution in [1.82, 2.24) is 14.7 Å². The van der Waals surface area contributed by atoms with E-state index in [1.807, 2.05) is 55.6 Å². The van der Waals surface area contributed by atoms with Crippen molar-refractivity contribution >= 4 is 73.8 Å². The van der Waals surface area contributed by atoms with Crippen LogP contribution in [-0.2, 0) is 32.8 Å². The van der Waals surface area contributed by atoms with Crippen LogP contribution >= 0.6 is 34.3 Å². The normalized spacial score (nSPS) is 26.1. The molecule has 0 radical (unpaired) electrons. The first-order chi connectivity index (χ1) is 26.4. The van der Waals surface area contributed by atoms with Gasteiger partial charge < -0.3 is 14.6 Å². The lowest BCUT2D eigenvalue weighted by atomic mass is 9.51. The van der Waals surface area contributed by atoms with Crippen LogP contribution in [0.5, 0.6) is 17.2 Å². The fourth-order valence-corrected chi connectivity index (χ4v) is 11.7. The van der Waals surface area contributed by atoms with Crippen molar-refractivity contribution in [3.05, 3.63) is 86.6 Å². The number of amides is 4. The Labute approximate surface area is 329 Å². The van der Waals surface area contributed by atoms with Gasteiger partial charge in [0, 0.05) is 33.6 Å². The predicted molar refractivity (Wildman–Crippen MR) is 209 cm³/mol. The predicted octanol–water partition coefficient (Wildman–Crippen LogP) is 7.48. The van der Waals surface area contributed by atoms with E-state index < -0.39 is 46.8 Å². The number of hydrogen-bond donors (Lipinski definition) is 1. The summed E-state index contributed by atoms with van der Waals surface area (Å²) in [6, 6.07) is 14.7. The number of carbonyl (C=O) groups is 4. The number of benzene rings is 2. The monoisotopic (exact) mass is 796 g/mol. The summed E-state index contributed by atoms with van der Waals surface area (Å²) in [6.45, 7) is 4.02. The zero-order valence-electron chi connectivity index (χ0n) is 30.7. The lowest BCUT2D eigenvalue weighted by Gasteiger charge is -2.49. The SMILES string of the molecule is COc1cc(C2C3=CCC4C(=O)N(Cc5cccs5)C(=O)C4C3CC3C(=O)N(c4cc(-c5sc6ccc(Cl)cc6c5C)nn4C)C(=O)C32C)cc(OC)c1O. The van der Waals surface area contributed by atoms with Crippen LogP contribution in [0.3, 0.4) is 0 Å². The molecule has 2 saturated heterocycles. The minimum Gasteiger partial charge on any atom is -0.502 e. The minimum atomic E-state index is -1.32. The maximum absolute atomic E-state index is 15.2. The molecule has 282 valence electrons. The Balaban J connectivity index is 1.17. The number of thiophene rings is 2. The number of aromatic nitrogens is 2. The van der Waals surface area contributed by atoms with E-state index in [1.54, 1.807) is 41.3 Å². The van der Waals surface area contributed by atoms with Gasteiger partial charge in [0.25, 0.3) is 0 Å². The summed E-state index contributed by atoms with van der Waals surface area (Å²) in [5, 5.41) is 19.3. The van der Waals surface area contributed by atoms with Crippen LogP contribution in [0, 0.1) is 36.0 Å². The lowest BCUT2D eigenvalue weighted by molar-refractivity contribution is -0.141. The number of ether oxygens (including phenoxy) is 2. The summed E-state index contributed by atoms with van der Waals surface area (Å²) in [5.74, 6) is -4.17. The van der Waals surface area contributed by atoms with Gasteiger partial charge in [0.05, 0.1) is 48.8 Å². The summed E-state index contributed by atoms with van der Waals surface area (Å²) in [4.78, 5) is 62.8. The molecule has 3 aromatic heterocycles. The number of aromatic hydroxyl groups is 1. The number of imide groups is 2. The van der Waals surface area contributed by atoms with E-state index in [0.717, 1.165) is 31.0 Å². The average Bonchev–Trinajstić information content (AvgIpc) is 3.98. The Morgan fingerprint density at radius 2 is 1.75 bits per heavy atom. The number of carbonyl (C=O) groups excluding carboxylic acids is 4. The summed E-state index contributed by atoms with van der Waals surface area (Å²) < 4.78 is 13.7. The van der Waals surface area contributed by atoms with E-state index >= 15 is 4.79 Å². The number of nitrogens with zero attached hydrogens (tertiary/aromatic N) is 4. The molecular weight excluding hydrogens is 760 g/mol. The first kappa shape index (κ1) is 35.7.